The quantitative estimate of drug-likeness (QED) is 0.245. The van der Waals surface area contributed by atoms with E-state index in [1.807, 2.05) is 0 Å². The van der Waals surface area contributed by atoms with Gasteiger partial charge < -0.3 is 0 Å². The molecule has 1 heterocycles. The Balaban J connectivity index is 1.64. The maximum absolute atomic E-state index is 13.0. The van der Waals surface area contributed by atoms with Crippen molar-refractivity contribution in [3.8, 4) is 0 Å². The number of rotatable bonds is 8. The molecule has 0 N–H and O–H groups in total. The van der Waals surface area contributed by atoms with Crippen LogP contribution in [0.25, 0.3) is 12.2 Å². The van der Waals surface area contributed by atoms with E-state index in [4.69, 9.17) is 0 Å². The fourth-order valence-corrected chi connectivity index (χ4v) is 3.87. The Morgan fingerprint density at radius 1 is 0.744 bits per heavy atom. The summed E-state index contributed by atoms with van der Waals surface area (Å²) in [6.07, 6.45) is -10.1. The van der Waals surface area contributed by atoms with Gasteiger partial charge in [0.1, 0.15) is 5.78 Å². The van der Waals surface area contributed by atoms with Crippen LogP contribution in [0.1, 0.15) is 56.7 Å². The van der Waals surface area contributed by atoms with E-state index in [2.05, 4.69) is 4.98 Å². The van der Waals surface area contributed by atoms with Gasteiger partial charge in [-0.05, 0) is 60.0 Å². The number of hydrogen-bond donors (Lipinski definition) is 0. The summed E-state index contributed by atoms with van der Waals surface area (Å²) < 4.78 is 118. The SMILES string of the molecule is Cc1cc(/C=C/CC(=O)Cc2ccn(C(=O)C/C=C/c3cc(C(F)(F)F)cc(C(F)(F)F)c3)c(=O)n2)cc(C(F)(F)F)c1. The first-order valence-corrected chi connectivity index (χ1v) is 12.3. The van der Waals surface area contributed by atoms with Gasteiger partial charge in [0.2, 0.25) is 5.91 Å². The van der Waals surface area contributed by atoms with Gasteiger partial charge in [-0.1, -0.05) is 30.4 Å². The number of halogens is 9. The molecule has 1 aromatic heterocycles. The van der Waals surface area contributed by atoms with Gasteiger partial charge in [-0.2, -0.15) is 44.5 Å². The molecular formula is C29H21F9N2O3. The number of carbonyl (C=O) groups is 2. The summed E-state index contributed by atoms with van der Waals surface area (Å²) in [5.74, 6) is -1.33. The first-order valence-electron chi connectivity index (χ1n) is 12.3. The lowest BCUT2D eigenvalue weighted by molar-refractivity contribution is -0.143. The molecule has 0 aliphatic heterocycles. The highest BCUT2D eigenvalue weighted by atomic mass is 19.4. The van der Waals surface area contributed by atoms with E-state index in [0.717, 1.165) is 30.5 Å². The molecule has 0 spiro atoms. The molecule has 0 saturated heterocycles. The van der Waals surface area contributed by atoms with Gasteiger partial charge in [0.15, 0.2) is 0 Å². The van der Waals surface area contributed by atoms with Crippen LogP contribution in [0.15, 0.2) is 65.6 Å². The van der Waals surface area contributed by atoms with Crippen LogP contribution >= 0.6 is 0 Å². The Morgan fingerprint density at radius 2 is 1.23 bits per heavy atom. The first-order chi connectivity index (χ1) is 19.8. The Hall–Kier alpha value is -4.49. The van der Waals surface area contributed by atoms with Crippen molar-refractivity contribution < 1.29 is 49.1 Å². The summed E-state index contributed by atoms with van der Waals surface area (Å²) in [6.45, 7) is 1.50. The molecule has 0 radical (unpaired) electrons. The number of hydrogen-bond acceptors (Lipinski definition) is 4. The lowest BCUT2D eigenvalue weighted by atomic mass is 10.0. The minimum absolute atomic E-state index is 0.00144. The molecule has 3 aromatic rings. The first kappa shape index (κ1) is 33.0. The molecule has 5 nitrogen and oxygen atoms in total. The molecule has 0 amide bonds. The van der Waals surface area contributed by atoms with Crippen molar-refractivity contribution in [2.45, 2.75) is 44.7 Å². The van der Waals surface area contributed by atoms with E-state index < -0.39 is 64.6 Å². The number of carbonyl (C=O) groups excluding carboxylic acids is 2. The maximum Gasteiger partial charge on any atom is 0.416 e. The molecule has 43 heavy (non-hydrogen) atoms. The van der Waals surface area contributed by atoms with Crippen LogP contribution in [0.4, 0.5) is 39.5 Å². The van der Waals surface area contributed by atoms with Crippen LogP contribution in [-0.2, 0) is 29.7 Å². The predicted octanol–water partition coefficient (Wildman–Crippen LogP) is 7.57. The zero-order chi connectivity index (χ0) is 32.2. The fourth-order valence-electron chi connectivity index (χ4n) is 3.87. The van der Waals surface area contributed by atoms with Gasteiger partial charge in [-0.15, -0.1) is 0 Å². The van der Waals surface area contributed by atoms with Gasteiger partial charge in [-0.3, -0.25) is 9.59 Å². The van der Waals surface area contributed by atoms with Gasteiger partial charge in [0, 0.05) is 25.5 Å². The average Bonchev–Trinajstić information content (AvgIpc) is 2.86. The number of aryl methyl sites for hydroxylation is 1. The molecule has 0 saturated carbocycles. The zero-order valence-corrected chi connectivity index (χ0v) is 22.1. The summed E-state index contributed by atoms with van der Waals surface area (Å²) in [5.41, 5.74) is -4.81. The summed E-state index contributed by atoms with van der Waals surface area (Å²) >= 11 is 0. The minimum atomic E-state index is -5.04. The van der Waals surface area contributed by atoms with Gasteiger partial charge in [0.05, 0.1) is 22.4 Å². The van der Waals surface area contributed by atoms with Crippen molar-refractivity contribution in [1.82, 2.24) is 9.55 Å². The molecule has 3 rings (SSSR count). The highest BCUT2D eigenvalue weighted by Crippen LogP contribution is 2.36. The topological polar surface area (TPSA) is 69.0 Å². The van der Waals surface area contributed by atoms with Crippen LogP contribution in [0.2, 0.25) is 0 Å². The van der Waals surface area contributed by atoms with E-state index in [-0.39, 0.29) is 30.2 Å². The van der Waals surface area contributed by atoms with Gasteiger partial charge in [-0.25, -0.2) is 9.36 Å². The van der Waals surface area contributed by atoms with Gasteiger partial charge >= 0.3 is 24.2 Å². The van der Waals surface area contributed by atoms with Crippen molar-refractivity contribution in [1.29, 1.82) is 0 Å². The van der Waals surface area contributed by atoms with Crippen LogP contribution in [-0.4, -0.2) is 21.2 Å². The Kier molecular flexibility index (Phi) is 9.83. The van der Waals surface area contributed by atoms with Crippen LogP contribution in [0, 0.1) is 6.92 Å². The molecule has 0 fully saturated rings. The van der Waals surface area contributed by atoms with Crippen molar-refractivity contribution in [2.75, 3.05) is 0 Å². The number of Topliss-reactive ketones (excluding diaryl/α,β-unsaturated/α-hetero) is 1. The van der Waals surface area contributed by atoms with Crippen LogP contribution in [0.3, 0.4) is 0 Å². The monoisotopic (exact) mass is 616 g/mol. The smallest absolute Gasteiger partial charge is 0.299 e. The molecular weight excluding hydrogens is 595 g/mol. The molecule has 228 valence electrons. The second kappa shape index (κ2) is 12.8. The summed E-state index contributed by atoms with van der Waals surface area (Å²) in [4.78, 5) is 40.6. The number of benzene rings is 2. The highest BCUT2D eigenvalue weighted by molar-refractivity contribution is 5.83. The molecule has 0 aliphatic carbocycles. The summed E-state index contributed by atoms with van der Waals surface area (Å²) in [5, 5.41) is 0. The molecule has 0 unspecified atom stereocenters. The Bertz CT molecular complexity index is 1600. The van der Waals surface area contributed by atoms with Crippen molar-refractivity contribution in [3.63, 3.8) is 0 Å². The average molecular weight is 616 g/mol. The number of allylic oxidation sites excluding steroid dienone is 2. The third kappa shape index (κ3) is 9.51. The summed E-state index contributed by atoms with van der Waals surface area (Å²) in [6, 6.07) is 5.54. The molecule has 14 heteroatoms. The third-order valence-corrected chi connectivity index (χ3v) is 5.80. The number of nitrogens with zero attached hydrogens (tertiary/aromatic N) is 2. The highest BCUT2D eigenvalue weighted by Gasteiger charge is 2.36. The Morgan fingerprint density at radius 3 is 1.74 bits per heavy atom. The number of aromatic nitrogens is 2. The molecule has 0 aliphatic rings. The third-order valence-electron chi connectivity index (χ3n) is 5.80. The van der Waals surface area contributed by atoms with E-state index in [1.54, 1.807) is 0 Å². The zero-order valence-electron chi connectivity index (χ0n) is 22.1. The minimum Gasteiger partial charge on any atom is -0.299 e. The standard InChI is InChI=1S/C29H21F9N2O3/c1-17-10-18(12-20(11-17)27(30,31)32)4-2-6-24(41)16-23-8-9-40(26(43)39-23)25(42)7-3-5-19-13-21(28(33,34)35)15-22(14-19)29(36,37)38/h2-5,8-15H,6-7,16H2,1H3/b4-2+,5-3+. The molecule has 2 aromatic carbocycles. The van der Waals surface area contributed by atoms with Crippen molar-refractivity contribution in [2.24, 2.45) is 0 Å². The lowest BCUT2D eigenvalue weighted by Crippen LogP contribution is -2.29. The summed E-state index contributed by atoms with van der Waals surface area (Å²) in [7, 11) is 0. The molecule has 0 atom stereocenters. The Labute approximate surface area is 238 Å². The van der Waals surface area contributed by atoms with Crippen molar-refractivity contribution >= 4 is 23.8 Å². The second-order valence-electron chi connectivity index (χ2n) is 9.36. The largest absolute Gasteiger partial charge is 0.416 e. The second-order valence-corrected chi connectivity index (χ2v) is 9.36. The maximum atomic E-state index is 13.0. The normalized spacial score (nSPS) is 12.8. The number of ketones is 1. The van der Waals surface area contributed by atoms with E-state index in [0.29, 0.717) is 22.3 Å². The number of alkyl halides is 9. The molecule has 0 bridgehead atoms. The van der Waals surface area contributed by atoms with E-state index in [1.165, 1.54) is 31.2 Å². The lowest BCUT2D eigenvalue weighted by Gasteiger charge is -2.12. The van der Waals surface area contributed by atoms with E-state index in [9.17, 15) is 53.9 Å². The van der Waals surface area contributed by atoms with Gasteiger partial charge in [0.25, 0.3) is 0 Å². The van der Waals surface area contributed by atoms with E-state index >= 15 is 0 Å². The predicted molar refractivity (Wildman–Crippen MR) is 138 cm³/mol. The fraction of sp³-hybridized carbons (Fsp3) is 0.241. The van der Waals surface area contributed by atoms with Crippen molar-refractivity contribution in [3.05, 3.63) is 110 Å². The van der Waals surface area contributed by atoms with Crippen LogP contribution < -0.4 is 5.69 Å². The van der Waals surface area contributed by atoms with Crippen LogP contribution in [0.5, 0.6) is 0 Å².